The zero-order valence-corrected chi connectivity index (χ0v) is 9.62. The first-order valence-corrected chi connectivity index (χ1v) is 5.26. The SMILES string of the molecule is CC1(C)CCN(c2nc(N)nc(Cl)n2)C1. The largest absolute Gasteiger partial charge is 0.368 e. The summed E-state index contributed by atoms with van der Waals surface area (Å²) in [4.78, 5) is 14.0. The van der Waals surface area contributed by atoms with Gasteiger partial charge in [-0.2, -0.15) is 15.0 Å². The fourth-order valence-electron chi connectivity index (χ4n) is 1.78. The van der Waals surface area contributed by atoms with Gasteiger partial charge in [0.2, 0.25) is 17.2 Å². The second-order valence-electron chi connectivity index (χ2n) is 4.60. The molecule has 0 aliphatic carbocycles. The molecule has 0 saturated carbocycles. The average Bonchev–Trinajstić information content (AvgIpc) is 2.44. The van der Waals surface area contributed by atoms with Crippen LogP contribution in [0.3, 0.4) is 0 Å². The Morgan fingerprint density at radius 1 is 1.33 bits per heavy atom. The van der Waals surface area contributed by atoms with Gasteiger partial charge >= 0.3 is 0 Å². The van der Waals surface area contributed by atoms with Gasteiger partial charge in [-0.05, 0) is 23.4 Å². The lowest BCUT2D eigenvalue weighted by atomic mass is 9.93. The molecule has 1 aromatic rings. The summed E-state index contributed by atoms with van der Waals surface area (Å²) in [5.41, 5.74) is 5.82. The first kappa shape index (κ1) is 10.4. The number of halogens is 1. The molecule has 82 valence electrons. The molecule has 0 spiro atoms. The Kier molecular flexibility index (Phi) is 2.42. The topological polar surface area (TPSA) is 67.9 Å². The Morgan fingerprint density at radius 2 is 2.07 bits per heavy atom. The van der Waals surface area contributed by atoms with Crippen molar-refractivity contribution >= 4 is 23.5 Å². The Labute approximate surface area is 93.7 Å². The first-order chi connectivity index (χ1) is 6.96. The van der Waals surface area contributed by atoms with Crippen LogP contribution < -0.4 is 10.6 Å². The minimum atomic E-state index is 0.155. The van der Waals surface area contributed by atoms with Crippen LogP contribution in [-0.4, -0.2) is 28.0 Å². The highest BCUT2D eigenvalue weighted by molar-refractivity contribution is 6.28. The number of aromatic nitrogens is 3. The predicted octanol–water partition coefficient (Wildman–Crippen LogP) is 1.34. The van der Waals surface area contributed by atoms with Crippen molar-refractivity contribution in [2.75, 3.05) is 23.7 Å². The van der Waals surface area contributed by atoms with Crippen LogP contribution in [0.4, 0.5) is 11.9 Å². The van der Waals surface area contributed by atoms with Gasteiger partial charge in [-0.15, -0.1) is 0 Å². The molecular formula is C9H14ClN5. The fourth-order valence-corrected chi connectivity index (χ4v) is 1.94. The van der Waals surface area contributed by atoms with E-state index in [2.05, 4.69) is 33.7 Å². The standard InChI is InChI=1S/C9H14ClN5/c1-9(2)3-4-15(5-9)8-13-6(10)12-7(11)14-8/h3-5H2,1-2H3,(H2,11,12,13,14). The summed E-state index contributed by atoms with van der Waals surface area (Å²) >= 11 is 5.73. The van der Waals surface area contributed by atoms with Crippen LogP contribution in [0.1, 0.15) is 20.3 Å². The first-order valence-electron chi connectivity index (χ1n) is 4.88. The Bertz CT molecular complexity index is 359. The van der Waals surface area contributed by atoms with Crippen molar-refractivity contribution in [2.24, 2.45) is 5.41 Å². The molecule has 0 atom stereocenters. The van der Waals surface area contributed by atoms with Crippen LogP contribution in [0.25, 0.3) is 0 Å². The molecule has 1 saturated heterocycles. The smallest absolute Gasteiger partial charge is 0.231 e. The van der Waals surface area contributed by atoms with Crippen LogP contribution in [-0.2, 0) is 0 Å². The van der Waals surface area contributed by atoms with Crippen molar-refractivity contribution in [1.82, 2.24) is 15.0 Å². The minimum Gasteiger partial charge on any atom is -0.368 e. The molecule has 0 unspecified atom stereocenters. The summed E-state index contributed by atoms with van der Waals surface area (Å²) in [7, 11) is 0. The lowest BCUT2D eigenvalue weighted by Crippen LogP contribution is -2.25. The van der Waals surface area contributed by atoms with Gasteiger partial charge in [-0.3, -0.25) is 0 Å². The zero-order valence-electron chi connectivity index (χ0n) is 8.87. The van der Waals surface area contributed by atoms with Crippen molar-refractivity contribution in [2.45, 2.75) is 20.3 Å². The van der Waals surface area contributed by atoms with Crippen LogP contribution in [0, 0.1) is 5.41 Å². The maximum absolute atomic E-state index is 5.73. The van der Waals surface area contributed by atoms with Crippen molar-refractivity contribution < 1.29 is 0 Å². The number of rotatable bonds is 1. The van der Waals surface area contributed by atoms with Crippen LogP contribution >= 0.6 is 11.6 Å². The molecule has 15 heavy (non-hydrogen) atoms. The van der Waals surface area contributed by atoms with E-state index < -0.39 is 0 Å². The highest BCUT2D eigenvalue weighted by Gasteiger charge is 2.30. The molecule has 1 aliphatic rings. The number of hydrogen-bond donors (Lipinski definition) is 1. The number of nitrogens with two attached hydrogens (primary N) is 1. The van der Waals surface area contributed by atoms with Gasteiger partial charge in [0, 0.05) is 13.1 Å². The van der Waals surface area contributed by atoms with Crippen molar-refractivity contribution in [1.29, 1.82) is 0 Å². The fraction of sp³-hybridized carbons (Fsp3) is 0.667. The monoisotopic (exact) mass is 227 g/mol. The van der Waals surface area contributed by atoms with Crippen LogP contribution in [0.15, 0.2) is 0 Å². The molecule has 0 bridgehead atoms. The third kappa shape index (κ3) is 2.28. The molecule has 1 fully saturated rings. The summed E-state index contributed by atoms with van der Waals surface area (Å²) in [5, 5.41) is 0.155. The summed E-state index contributed by atoms with van der Waals surface area (Å²) in [6, 6.07) is 0. The molecule has 2 rings (SSSR count). The third-order valence-electron chi connectivity index (χ3n) is 2.57. The lowest BCUT2D eigenvalue weighted by molar-refractivity contribution is 0.418. The van der Waals surface area contributed by atoms with E-state index in [4.69, 9.17) is 17.3 Å². The molecule has 2 heterocycles. The molecular weight excluding hydrogens is 214 g/mol. The molecule has 0 aromatic carbocycles. The Morgan fingerprint density at radius 3 is 2.60 bits per heavy atom. The number of hydrogen-bond acceptors (Lipinski definition) is 5. The van der Waals surface area contributed by atoms with Crippen molar-refractivity contribution in [3.05, 3.63) is 5.28 Å². The highest BCUT2D eigenvalue weighted by atomic mass is 35.5. The number of nitrogen functional groups attached to an aromatic ring is 1. The molecule has 0 amide bonds. The van der Waals surface area contributed by atoms with Gasteiger partial charge < -0.3 is 10.6 Å². The summed E-state index contributed by atoms with van der Waals surface area (Å²) in [6.07, 6.45) is 1.12. The Hall–Kier alpha value is -1.10. The molecule has 0 radical (unpaired) electrons. The quantitative estimate of drug-likeness (QED) is 0.784. The molecule has 1 aromatic heterocycles. The maximum Gasteiger partial charge on any atom is 0.231 e. The Balaban J connectivity index is 2.24. The van der Waals surface area contributed by atoms with Gasteiger partial charge in [0.25, 0.3) is 0 Å². The predicted molar refractivity (Wildman–Crippen MR) is 59.9 cm³/mol. The summed E-state index contributed by atoms with van der Waals surface area (Å²) in [5.74, 6) is 0.757. The molecule has 2 N–H and O–H groups in total. The molecule has 1 aliphatic heterocycles. The van der Waals surface area contributed by atoms with Gasteiger partial charge in [-0.1, -0.05) is 13.8 Å². The lowest BCUT2D eigenvalue weighted by Gasteiger charge is -2.19. The summed E-state index contributed by atoms with van der Waals surface area (Å²) in [6.45, 7) is 6.30. The van der Waals surface area contributed by atoms with E-state index in [-0.39, 0.29) is 11.2 Å². The normalized spacial score (nSPS) is 19.5. The van der Waals surface area contributed by atoms with E-state index >= 15 is 0 Å². The van der Waals surface area contributed by atoms with Crippen LogP contribution in [0.5, 0.6) is 0 Å². The van der Waals surface area contributed by atoms with Gasteiger partial charge in [0.05, 0.1) is 0 Å². The maximum atomic E-state index is 5.73. The van der Waals surface area contributed by atoms with Crippen molar-refractivity contribution in [3.8, 4) is 0 Å². The number of nitrogens with zero attached hydrogens (tertiary/aromatic N) is 4. The average molecular weight is 228 g/mol. The van der Waals surface area contributed by atoms with Crippen molar-refractivity contribution in [3.63, 3.8) is 0 Å². The second-order valence-corrected chi connectivity index (χ2v) is 4.94. The van der Waals surface area contributed by atoms with E-state index in [0.717, 1.165) is 19.5 Å². The number of anilines is 2. The summed E-state index contributed by atoms with van der Waals surface area (Å²) < 4.78 is 0. The van der Waals surface area contributed by atoms with Crippen LogP contribution in [0.2, 0.25) is 5.28 Å². The molecule has 5 nitrogen and oxygen atoms in total. The second kappa shape index (κ2) is 3.48. The van der Waals surface area contributed by atoms with Gasteiger partial charge in [0.1, 0.15) is 0 Å². The van der Waals surface area contributed by atoms with E-state index in [1.165, 1.54) is 0 Å². The zero-order chi connectivity index (χ0) is 11.1. The van der Waals surface area contributed by atoms with E-state index in [9.17, 15) is 0 Å². The van der Waals surface area contributed by atoms with E-state index in [0.29, 0.717) is 11.4 Å². The van der Waals surface area contributed by atoms with E-state index in [1.54, 1.807) is 0 Å². The third-order valence-corrected chi connectivity index (χ3v) is 2.74. The minimum absolute atomic E-state index is 0.155. The van der Waals surface area contributed by atoms with E-state index in [1.807, 2.05) is 0 Å². The highest BCUT2D eigenvalue weighted by Crippen LogP contribution is 2.31. The van der Waals surface area contributed by atoms with Gasteiger partial charge in [-0.25, -0.2) is 0 Å². The molecule has 6 heteroatoms. The van der Waals surface area contributed by atoms with Gasteiger partial charge in [0.15, 0.2) is 0 Å².